The lowest BCUT2D eigenvalue weighted by Crippen LogP contribution is -2.52. The van der Waals surface area contributed by atoms with E-state index in [9.17, 15) is 9.90 Å². The number of benzene rings is 1. The highest BCUT2D eigenvalue weighted by Crippen LogP contribution is 2.44. The molecule has 4 rings (SSSR count). The van der Waals surface area contributed by atoms with Crippen LogP contribution in [-0.4, -0.2) is 41.2 Å². The number of nitrogens with zero attached hydrogens (tertiary/aromatic N) is 1. The van der Waals surface area contributed by atoms with Crippen LogP contribution in [-0.2, 0) is 15.1 Å². The second kappa shape index (κ2) is 6.16. The summed E-state index contributed by atoms with van der Waals surface area (Å²) in [4.78, 5) is 15.4. The molecule has 1 unspecified atom stereocenters. The molecule has 3 aliphatic rings. The van der Waals surface area contributed by atoms with Gasteiger partial charge in [-0.2, -0.15) is 0 Å². The zero-order chi connectivity index (χ0) is 16.7. The standard InChI is InChI=1S/C20H27NO3/c1-21-16-10-12-17(21)18(13-11-16)24-19(22)20(23,15-8-5-9-15)14-6-3-2-4-7-14/h2-4,6-7,15-18,23H,5,8-13H2,1H3/t16-,17-,18-,20?/m1/s1. The molecular weight excluding hydrogens is 302 g/mol. The van der Waals surface area contributed by atoms with Crippen molar-refractivity contribution in [1.29, 1.82) is 0 Å². The molecule has 1 aliphatic carbocycles. The van der Waals surface area contributed by atoms with Crippen LogP contribution < -0.4 is 0 Å². The Balaban J connectivity index is 1.56. The molecule has 4 atom stereocenters. The normalized spacial score (nSPS) is 32.8. The number of hydrogen-bond acceptors (Lipinski definition) is 4. The van der Waals surface area contributed by atoms with Crippen molar-refractivity contribution >= 4 is 5.97 Å². The van der Waals surface area contributed by atoms with Crippen LogP contribution in [0.3, 0.4) is 0 Å². The Morgan fingerprint density at radius 2 is 1.83 bits per heavy atom. The van der Waals surface area contributed by atoms with E-state index in [1.165, 1.54) is 6.42 Å². The number of fused-ring (bicyclic) bond motifs is 2. The fourth-order valence-corrected chi connectivity index (χ4v) is 4.79. The number of aliphatic hydroxyl groups is 1. The molecule has 2 bridgehead atoms. The van der Waals surface area contributed by atoms with Crippen molar-refractivity contribution in [1.82, 2.24) is 4.90 Å². The third-order valence-electron chi connectivity index (χ3n) is 6.59. The van der Waals surface area contributed by atoms with Crippen molar-refractivity contribution in [3.8, 4) is 0 Å². The Kier molecular flexibility index (Phi) is 4.13. The number of rotatable bonds is 4. The molecule has 1 saturated carbocycles. The highest BCUT2D eigenvalue weighted by atomic mass is 16.6. The average molecular weight is 329 g/mol. The average Bonchev–Trinajstić information content (AvgIpc) is 2.77. The van der Waals surface area contributed by atoms with Crippen LogP contribution in [0.5, 0.6) is 0 Å². The second-order valence-electron chi connectivity index (χ2n) is 7.75. The smallest absolute Gasteiger partial charge is 0.343 e. The Morgan fingerprint density at radius 3 is 2.50 bits per heavy atom. The van der Waals surface area contributed by atoms with Crippen molar-refractivity contribution in [3.05, 3.63) is 35.9 Å². The third-order valence-corrected chi connectivity index (χ3v) is 6.59. The monoisotopic (exact) mass is 329 g/mol. The van der Waals surface area contributed by atoms with E-state index in [4.69, 9.17) is 4.74 Å². The van der Waals surface area contributed by atoms with Gasteiger partial charge >= 0.3 is 5.97 Å². The summed E-state index contributed by atoms with van der Waals surface area (Å²) in [7, 11) is 2.14. The molecule has 24 heavy (non-hydrogen) atoms. The minimum absolute atomic E-state index is 0.0231. The van der Waals surface area contributed by atoms with Crippen molar-refractivity contribution in [2.45, 2.75) is 68.7 Å². The molecule has 1 N–H and O–H groups in total. The Labute approximate surface area is 143 Å². The lowest BCUT2D eigenvalue weighted by molar-refractivity contribution is -0.188. The largest absolute Gasteiger partial charge is 0.458 e. The Hall–Kier alpha value is -1.39. The predicted octanol–water partition coefficient (Wildman–Crippen LogP) is 2.84. The van der Waals surface area contributed by atoms with Crippen LogP contribution in [0.2, 0.25) is 0 Å². The van der Waals surface area contributed by atoms with E-state index in [1.54, 1.807) is 0 Å². The van der Waals surface area contributed by atoms with Gasteiger partial charge in [-0.25, -0.2) is 4.79 Å². The lowest BCUT2D eigenvalue weighted by atomic mass is 9.69. The van der Waals surface area contributed by atoms with E-state index in [2.05, 4.69) is 11.9 Å². The van der Waals surface area contributed by atoms with Crippen molar-refractivity contribution in [3.63, 3.8) is 0 Å². The number of carbonyl (C=O) groups is 1. The molecule has 2 saturated heterocycles. The molecule has 4 nitrogen and oxygen atoms in total. The molecule has 2 heterocycles. The van der Waals surface area contributed by atoms with Gasteiger partial charge in [0.25, 0.3) is 0 Å². The van der Waals surface area contributed by atoms with Crippen molar-refractivity contribution < 1.29 is 14.6 Å². The van der Waals surface area contributed by atoms with Gasteiger partial charge in [-0.1, -0.05) is 36.8 Å². The van der Waals surface area contributed by atoms with E-state index in [1.807, 2.05) is 30.3 Å². The van der Waals surface area contributed by atoms with Crippen LogP contribution in [0.4, 0.5) is 0 Å². The summed E-state index contributed by atoms with van der Waals surface area (Å²) >= 11 is 0. The first kappa shape index (κ1) is 16.1. The van der Waals surface area contributed by atoms with Gasteiger partial charge in [0, 0.05) is 18.0 Å². The number of hydrogen-bond donors (Lipinski definition) is 1. The van der Waals surface area contributed by atoms with Gasteiger partial charge in [0.2, 0.25) is 0 Å². The summed E-state index contributed by atoms with van der Waals surface area (Å²) in [6.45, 7) is 0. The van der Waals surface area contributed by atoms with E-state index in [0.29, 0.717) is 17.6 Å². The van der Waals surface area contributed by atoms with Crippen LogP contribution in [0.15, 0.2) is 30.3 Å². The molecule has 2 aliphatic heterocycles. The van der Waals surface area contributed by atoms with Crippen LogP contribution >= 0.6 is 0 Å². The van der Waals surface area contributed by atoms with Gasteiger partial charge in [0.1, 0.15) is 6.10 Å². The summed E-state index contributed by atoms with van der Waals surface area (Å²) in [5, 5.41) is 11.3. The molecule has 3 fully saturated rings. The fraction of sp³-hybridized carbons (Fsp3) is 0.650. The molecule has 0 spiro atoms. The first-order valence-corrected chi connectivity index (χ1v) is 9.31. The Bertz CT molecular complexity index is 600. The summed E-state index contributed by atoms with van der Waals surface area (Å²) in [6, 6.07) is 10.3. The third kappa shape index (κ3) is 2.47. The molecule has 0 aromatic heterocycles. The second-order valence-corrected chi connectivity index (χ2v) is 7.75. The van der Waals surface area contributed by atoms with Gasteiger partial charge < -0.3 is 9.84 Å². The molecule has 1 aromatic rings. The zero-order valence-electron chi connectivity index (χ0n) is 14.4. The molecule has 0 radical (unpaired) electrons. The van der Waals surface area contributed by atoms with Crippen molar-refractivity contribution in [2.24, 2.45) is 5.92 Å². The molecular formula is C20H27NO3. The van der Waals surface area contributed by atoms with Gasteiger partial charge in [-0.3, -0.25) is 4.90 Å². The minimum Gasteiger partial charge on any atom is -0.458 e. The maximum Gasteiger partial charge on any atom is 0.343 e. The maximum atomic E-state index is 13.1. The van der Waals surface area contributed by atoms with Gasteiger partial charge in [0.15, 0.2) is 5.60 Å². The van der Waals surface area contributed by atoms with Crippen LogP contribution in [0.1, 0.15) is 50.5 Å². The first-order valence-electron chi connectivity index (χ1n) is 9.31. The quantitative estimate of drug-likeness (QED) is 0.863. The number of esters is 1. The minimum atomic E-state index is -1.49. The molecule has 1 aromatic carbocycles. The number of likely N-dealkylation sites (N-methyl/N-ethyl adjacent to an activating group) is 1. The highest BCUT2D eigenvalue weighted by Gasteiger charge is 2.51. The van der Waals surface area contributed by atoms with Crippen LogP contribution in [0, 0.1) is 5.92 Å². The molecule has 130 valence electrons. The SMILES string of the molecule is CN1[C@@H]2CC[C@@H]1[C@H](OC(=O)C(O)(c1ccccc1)C1CCC1)CC2. The van der Waals surface area contributed by atoms with Crippen molar-refractivity contribution in [2.75, 3.05) is 7.05 Å². The van der Waals surface area contributed by atoms with Crippen LogP contribution in [0.25, 0.3) is 0 Å². The topological polar surface area (TPSA) is 49.8 Å². The van der Waals surface area contributed by atoms with Gasteiger partial charge in [0.05, 0.1) is 0 Å². The van der Waals surface area contributed by atoms with Gasteiger partial charge in [-0.15, -0.1) is 0 Å². The van der Waals surface area contributed by atoms with E-state index in [0.717, 1.165) is 38.5 Å². The summed E-state index contributed by atoms with van der Waals surface area (Å²) in [5.74, 6) is -0.466. The highest BCUT2D eigenvalue weighted by molar-refractivity contribution is 5.82. The summed E-state index contributed by atoms with van der Waals surface area (Å²) in [6.07, 6.45) is 7.04. The number of piperidine rings is 1. The molecule has 0 amide bonds. The zero-order valence-corrected chi connectivity index (χ0v) is 14.4. The summed E-state index contributed by atoms with van der Waals surface area (Å²) < 4.78 is 5.94. The first-order chi connectivity index (χ1) is 11.6. The van der Waals surface area contributed by atoms with E-state index in [-0.39, 0.29) is 12.0 Å². The number of carbonyl (C=O) groups excluding carboxylic acids is 1. The lowest BCUT2D eigenvalue weighted by Gasteiger charge is -2.42. The van der Waals surface area contributed by atoms with Gasteiger partial charge in [-0.05, 0) is 51.1 Å². The fourth-order valence-electron chi connectivity index (χ4n) is 4.79. The maximum absolute atomic E-state index is 13.1. The summed E-state index contributed by atoms with van der Waals surface area (Å²) in [5.41, 5.74) is -0.818. The Morgan fingerprint density at radius 1 is 1.12 bits per heavy atom. The predicted molar refractivity (Wildman–Crippen MR) is 91.4 cm³/mol. The van der Waals surface area contributed by atoms with E-state index >= 15 is 0 Å². The number of ether oxygens (including phenoxy) is 1. The molecule has 4 heteroatoms. The van der Waals surface area contributed by atoms with E-state index < -0.39 is 11.6 Å².